The molecule has 0 bridgehead atoms. The van der Waals surface area contributed by atoms with E-state index in [0.717, 1.165) is 10.9 Å². The van der Waals surface area contributed by atoms with Crippen molar-refractivity contribution in [1.82, 2.24) is 5.32 Å². The maximum atomic E-state index is 11.8. The molecule has 0 radical (unpaired) electrons. The largest absolute Gasteiger partial charge is 0.484 e. The zero-order valence-electron chi connectivity index (χ0n) is 12.4. The number of thiophene rings is 1. The van der Waals surface area contributed by atoms with E-state index >= 15 is 0 Å². The van der Waals surface area contributed by atoms with Gasteiger partial charge in [-0.2, -0.15) is 0 Å². The number of benzene rings is 2. The van der Waals surface area contributed by atoms with Crippen LogP contribution in [0.25, 0.3) is 10.1 Å². The molecule has 0 aliphatic rings. The Kier molecular flexibility index (Phi) is 5.31. The van der Waals surface area contributed by atoms with Gasteiger partial charge in [0.1, 0.15) is 5.75 Å². The molecule has 0 saturated carbocycles. The van der Waals surface area contributed by atoms with E-state index in [1.165, 1.54) is 15.6 Å². The van der Waals surface area contributed by atoms with Gasteiger partial charge in [-0.1, -0.05) is 34.1 Å². The van der Waals surface area contributed by atoms with Gasteiger partial charge in [-0.15, -0.1) is 11.3 Å². The molecule has 0 fully saturated rings. The van der Waals surface area contributed by atoms with Crippen LogP contribution in [0.5, 0.6) is 5.75 Å². The van der Waals surface area contributed by atoms with Crippen molar-refractivity contribution in [3.63, 3.8) is 0 Å². The van der Waals surface area contributed by atoms with E-state index < -0.39 is 0 Å². The molecule has 1 N–H and O–H groups in total. The van der Waals surface area contributed by atoms with Gasteiger partial charge < -0.3 is 10.1 Å². The molecule has 2 aromatic carbocycles. The van der Waals surface area contributed by atoms with E-state index in [1.54, 1.807) is 11.3 Å². The minimum absolute atomic E-state index is 0.0337. The van der Waals surface area contributed by atoms with Gasteiger partial charge in [-0.3, -0.25) is 4.79 Å². The van der Waals surface area contributed by atoms with Gasteiger partial charge >= 0.3 is 0 Å². The summed E-state index contributed by atoms with van der Waals surface area (Å²) in [6.45, 7) is 0.648. The molecule has 1 heterocycles. The van der Waals surface area contributed by atoms with Crippen molar-refractivity contribution >= 4 is 43.3 Å². The third-order valence-corrected chi connectivity index (χ3v) is 5.00. The highest BCUT2D eigenvalue weighted by Gasteiger charge is 2.05. The Morgan fingerprint density at radius 1 is 1.13 bits per heavy atom. The summed E-state index contributed by atoms with van der Waals surface area (Å²) in [5.74, 6) is 0.583. The first-order valence-corrected chi connectivity index (χ1v) is 9.00. The highest BCUT2D eigenvalue weighted by Crippen LogP contribution is 2.25. The van der Waals surface area contributed by atoms with Crippen LogP contribution in [-0.2, 0) is 11.2 Å². The number of nitrogens with one attached hydrogen (secondary N) is 1. The molecule has 0 spiro atoms. The fourth-order valence-corrected chi connectivity index (χ4v) is 3.56. The Morgan fingerprint density at radius 3 is 2.74 bits per heavy atom. The first-order chi connectivity index (χ1) is 11.2. The van der Waals surface area contributed by atoms with Crippen LogP contribution >= 0.6 is 27.3 Å². The van der Waals surface area contributed by atoms with Gasteiger partial charge in [-0.05, 0) is 53.1 Å². The molecule has 0 aliphatic heterocycles. The summed E-state index contributed by atoms with van der Waals surface area (Å²) in [5.41, 5.74) is 1.28. The van der Waals surface area contributed by atoms with Crippen molar-refractivity contribution in [2.24, 2.45) is 0 Å². The van der Waals surface area contributed by atoms with Crippen molar-refractivity contribution in [2.75, 3.05) is 13.2 Å². The lowest BCUT2D eigenvalue weighted by molar-refractivity contribution is -0.123. The van der Waals surface area contributed by atoms with E-state index in [-0.39, 0.29) is 12.5 Å². The summed E-state index contributed by atoms with van der Waals surface area (Å²) in [5, 5.41) is 6.34. The average Bonchev–Trinajstić information content (AvgIpc) is 2.98. The third kappa shape index (κ3) is 4.33. The lowest BCUT2D eigenvalue weighted by Crippen LogP contribution is -2.30. The quantitative estimate of drug-likeness (QED) is 0.678. The predicted octanol–water partition coefficient (Wildman–Crippen LogP) is 4.40. The minimum atomic E-state index is -0.104. The van der Waals surface area contributed by atoms with Gasteiger partial charge in [-0.25, -0.2) is 0 Å². The van der Waals surface area contributed by atoms with E-state index in [0.29, 0.717) is 12.3 Å². The second kappa shape index (κ2) is 7.62. The van der Waals surface area contributed by atoms with Crippen LogP contribution in [0, 0.1) is 0 Å². The maximum absolute atomic E-state index is 11.8. The van der Waals surface area contributed by atoms with E-state index in [9.17, 15) is 4.79 Å². The second-order valence-electron chi connectivity index (χ2n) is 5.10. The lowest BCUT2D eigenvalue weighted by Gasteiger charge is -2.07. The number of hydrogen-bond donors (Lipinski definition) is 1. The molecule has 0 aliphatic carbocycles. The van der Waals surface area contributed by atoms with Crippen LogP contribution in [0.1, 0.15) is 5.56 Å². The van der Waals surface area contributed by atoms with Gasteiger partial charge in [0.2, 0.25) is 0 Å². The van der Waals surface area contributed by atoms with E-state index in [1.807, 2.05) is 36.4 Å². The molecule has 1 amide bonds. The highest BCUT2D eigenvalue weighted by atomic mass is 79.9. The van der Waals surface area contributed by atoms with Crippen LogP contribution in [0.2, 0.25) is 0 Å². The standard InChI is InChI=1S/C18H16BrNO2S/c19-14-5-7-15(8-6-14)22-11-18(21)20-10-9-13-12-23-17-4-2-1-3-16(13)17/h1-8,12H,9-11H2,(H,20,21). The maximum Gasteiger partial charge on any atom is 0.257 e. The highest BCUT2D eigenvalue weighted by molar-refractivity contribution is 9.10. The van der Waals surface area contributed by atoms with Crippen molar-refractivity contribution in [1.29, 1.82) is 0 Å². The number of rotatable bonds is 6. The van der Waals surface area contributed by atoms with Crippen LogP contribution in [-0.4, -0.2) is 19.1 Å². The summed E-state index contributed by atoms with van der Waals surface area (Å²) in [6, 6.07) is 15.8. The molecule has 118 valence electrons. The van der Waals surface area contributed by atoms with Crippen molar-refractivity contribution in [3.05, 3.63) is 63.9 Å². The number of fused-ring (bicyclic) bond motifs is 1. The molecular formula is C18H16BrNO2S. The second-order valence-corrected chi connectivity index (χ2v) is 6.93. The third-order valence-electron chi connectivity index (χ3n) is 3.46. The monoisotopic (exact) mass is 389 g/mol. The van der Waals surface area contributed by atoms with Crippen molar-refractivity contribution in [3.8, 4) is 5.75 Å². The molecular weight excluding hydrogens is 374 g/mol. The molecule has 1 aromatic heterocycles. The summed E-state index contributed by atoms with van der Waals surface area (Å²) in [7, 11) is 0. The Balaban J connectivity index is 1.45. The topological polar surface area (TPSA) is 38.3 Å². The predicted molar refractivity (Wildman–Crippen MR) is 98.2 cm³/mol. The number of halogens is 1. The number of amides is 1. The summed E-state index contributed by atoms with van der Waals surface area (Å²) >= 11 is 5.10. The lowest BCUT2D eigenvalue weighted by atomic mass is 10.1. The number of ether oxygens (including phenoxy) is 1. The van der Waals surface area contributed by atoms with Crippen molar-refractivity contribution in [2.45, 2.75) is 6.42 Å². The molecule has 0 saturated heterocycles. The molecule has 0 unspecified atom stereocenters. The normalized spacial score (nSPS) is 10.7. The number of hydrogen-bond acceptors (Lipinski definition) is 3. The van der Waals surface area contributed by atoms with Gasteiger partial charge in [0.05, 0.1) is 0 Å². The number of carbonyl (C=O) groups excluding carboxylic acids is 1. The zero-order chi connectivity index (χ0) is 16.1. The Morgan fingerprint density at radius 2 is 1.91 bits per heavy atom. The Labute approximate surface area is 147 Å². The zero-order valence-corrected chi connectivity index (χ0v) is 14.8. The van der Waals surface area contributed by atoms with Crippen molar-refractivity contribution < 1.29 is 9.53 Å². The smallest absolute Gasteiger partial charge is 0.257 e. The van der Waals surface area contributed by atoms with E-state index in [2.05, 4.69) is 38.8 Å². The van der Waals surface area contributed by atoms with Crippen LogP contribution in [0.4, 0.5) is 0 Å². The molecule has 3 nitrogen and oxygen atoms in total. The van der Waals surface area contributed by atoms with Crippen LogP contribution in [0.15, 0.2) is 58.4 Å². The fraction of sp³-hybridized carbons (Fsp3) is 0.167. The molecule has 0 atom stereocenters. The summed E-state index contributed by atoms with van der Waals surface area (Å²) in [4.78, 5) is 11.8. The first kappa shape index (κ1) is 16.0. The van der Waals surface area contributed by atoms with Gasteiger partial charge in [0.25, 0.3) is 5.91 Å². The van der Waals surface area contributed by atoms with Crippen LogP contribution in [0.3, 0.4) is 0 Å². The first-order valence-electron chi connectivity index (χ1n) is 7.32. The molecule has 3 aromatic rings. The number of carbonyl (C=O) groups is 1. The molecule has 23 heavy (non-hydrogen) atoms. The molecule has 3 rings (SSSR count). The Bertz CT molecular complexity index is 798. The fourth-order valence-electron chi connectivity index (χ4n) is 2.29. The summed E-state index contributed by atoms with van der Waals surface area (Å²) in [6.07, 6.45) is 0.827. The molecule has 5 heteroatoms. The van der Waals surface area contributed by atoms with E-state index in [4.69, 9.17) is 4.74 Å². The SMILES string of the molecule is O=C(COc1ccc(Br)cc1)NCCc1csc2ccccc12. The summed E-state index contributed by atoms with van der Waals surface area (Å²) < 4.78 is 7.72. The van der Waals surface area contributed by atoms with Gasteiger partial charge in [0, 0.05) is 15.7 Å². The van der Waals surface area contributed by atoms with Crippen LogP contribution < -0.4 is 10.1 Å². The van der Waals surface area contributed by atoms with Gasteiger partial charge in [0.15, 0.2) is 6.61 Å². The minimum Gasteiger partial charge on any atom is -0.484 e. The average molecular weight is 390 g/mol. The Hall–Kier alpha value is -1.85.